The van der Waals surface area contributed by atoms with E-state index in [9.17, 15) is 9.59 Å². The Morgan fingerprint density at radius 2 is 1.95 bits per heavy atom. The highest BCUT2D eigenvalue weighted by Crippen LogP contribution is 2.25. The zero-order chi connectivity index (χ0) is 14.6. The van der Waals surface area contributed by atoms with Crippen LogP contribution >= 0.6 is 0 Å². The fourth-order valence-electron chi connectivity index (χ4n) is 2.12. The molecular weight excluding hydrogens is 246 g/mol. The molecule has 0 radical (unpaired) electrons. The van der Waals surface area contributed by atoms with Crippen LogP contribution in [0.5, 0.6) is 0 Å². The lowest BCUT2D eigenvalue weighted by Crippen LogP contribution is -2.47. The van der Waals surface area contributed by atoms with Gasteiger partial charge in [-0.2, -0.15) is 0 Å². The summed E-state index contributed by atoms with van der Waals surface area (Å²) in [5, 5.41) is 0. The van der Waals surface area contributed by atoms with E-state index in [4.69, 9.17) is 9.47 Å². The molecule has 1 fully saturated rings. The molecule has 0 N–H and O–H groups in total. The molecule has 19 heavy (non-hydrogen) atoms. The van der Waals surface area contributed by atoms with E-state index < -0.39 is 5.60 Å². The lowest BCUT2D eigenvalue weighted by atomic mass is 9.87. The third-order valence-electron chi connectivity index (χ3n) is 3.20. The maximum atomic E-state index is 12.0. The van der Waals surface area contributed by atoms with Crippen molar-refractivity contribution in [2.75, 3.05) is 19.7 Å². The average molecular weight is 271 g/mol. The first-order chi connectivity index (χ1) is 8.74. The minimum absolute atomic E-state index is 0.219. The molecule has 1 rings (SSSR count). The molecular formula is C14H25NO4. The van der Waals surface area contributed by atoms with Gasteiger partial charge in [-0.15, -0.1) is 0 Å². The zero-order valence-corrected chi connectivity index (χ0v) is 12.6. The molecule has 0 saturated carbocycles. The van der Waals surface area contributed by atoms with Gasteiger partial charge in [0, 0.05) is 13.1 Å². The Balaban J connectivity index is 2.63. The first-order valence-electron chi connectivity index (χ1n) is 6.89. The number of hydrogen-bond acceptors (Lipinski definition) is 4. The minimum Gasteiger partial charge on any atom is -0.466 e. The molecule has 2 atom stereocenters. The fraction of sp³-hybridized carbons (Fsp3) is 0.857. The molecule has 0 aromatic rings. The van der Waals surface area contributed by atoms with Gasteiger partial charge in [0.05, 0.1) is 12.5 Å². The van der Waals surface area contributed by atoms with Crippen molar-refractivity contribution >= 4 is 12.1 Å². The number of carbonyl (C=O) groups excluding carboxylic acids is 2. The van der Waals surface area contributed by atoms with Crippen LogP contribution in [0.3, 0.4) is 0 Å². The second-order valence-corrected chi connectivity index (χ2v) is 6.05. The van der Waals surface area contributed by atoms with Crippen molar-refractivity contribution in [3.63, 3.8) is 0 Å². The van der Waals surface area contributed by atoms with Gasteiger partial charge in [0.25, 0.3) is 0 Å². The maximum absolute atomic E-state index is 12.0. The van der Waals surface area contributed by atoms with E-state index in [1.807, 2.05) is 27.7 Å². The van der Waals surface area contributed by atoms with Crippen molar-refractivity contribution in [2.24, 2.45) is 11.8 Å². The van der Waals surface area contributed by atoms with Gasteiger partial charge in [-0.3, -0.25) is 4.79 Å². The number of rotatable bonds is 2. The zero-order valence-electron chi connectivity index (χ0n) is 12.6. The first kappa shape index (κ1) is 15.8. The summed E-state index contributed by atoms with van der Waals surface area (Å²) < 4.78 is 10.4. The molecule has 0 bridgehead atoms. The molecule has 5 heteroatoms. The molecule has 1 aliphatic rings. The highest BCUT2D eigenvalue weighted by molar-refractivity contribution is 5.75. The summed E-state index contributed by atoms with van der Waals surface area (Å²) in [6.07, 6.45) is 0.441. The van der Waals surface area contributed by atoms with Crippen LogP contribution in [0.25, 0.3) is 0 Å². The third-order valence-corrected chi connectivity index (χ3v) is 3.20. The number of likely N-dealkylation sites (tertiary alicyclic amines) is 1. The van der Waals surface area contributed by atoms with E-state index >= 15 is 0 Å². The predicted octanol–water partition coefficient (Wildman–Crippen LogP) is 2.44. The predicted molar refractivity (Wildman–Crippen MR) is 71.7 cm³/mol. The number of carbonyl (C=O) groups is 2. The van der Waals surface area contributed by atoms with Gasteiger partial charge in [0.2, 0.25) is 0 Å². The van der Waals surface area contributed by atoms with Crippen LogP contribution in [0, 0.1) is 11.8 Å². The van der Waals surface area contributed by atoms with Crippen LogP contribution in [0.1, 0.15) is 41.0 Å². The lowest BCUT2D eigenvalue weighted by molar-refractivity contribution is -0.151. The SMILES string of the molecule is CCOC(=O)[C@H]1CN(C(=O)OC(C)(C)C)CC[C@H]1C. The molecule has 0 aromatic carbocycles. The first-order valence-corrected chi connectivity index (χ1v) is 6.89. The maximum Gasteiger partial charge on any atom is 0.410 e. The Bertz CT molecular complexity index is 335. The number of amides is 1. The van der Waals surface area contributed by atoms with Crippen LogP contribution in [0.2, 0.25) is 0 Å². The van der Waals surface area contributed by atoms with Crippen LogP contribution < -0.4 is 0 Å². The molecule has 110 valence electrons. The van der Waals surface area contributed by atoms with Gasteiger partial charge in [0.1, 0.15) is 5.60 Å². The van der Waals surface area contributed by atoms with E-state index in [0.717, 1.165) is 6.42 Å². The highest BCUT2D eigenvalue weighted by Gasteiger charge is 2.36. The van der Waals surface area contributed by atoms with Crippen molar-refractivity contribution in [3.05, 3.63) is 0 Å². The molecule has 5 nitrogen and oxygen atoms in total. The average Bonchev–Trinajstić information content (AvgIpc) is 2.27. The minimum atomic E-state index is -0.514. The normalized spacial score (nSPS) is 23.9. The van der Waals surface area contributed by atoms with E-state index in [1.165, 1.54) is 0 Å². The summed E-state index contributed by atoms with van der Waals surface area (Å²) >= 11 is 0. The van der Waals surface area contributed by atoms with Gasteiger partial charge in [0.15, 0.2) is 0 Å². The van der Waals surface area contributed by atoms with Crippen molar-refractivity contribution in [1.82, 2.24) is 4.90 Å². The smallest absolute Gasteiger partial charge is 0.410 e. The molecule has 1 saturated heterocycles. The van der Waals surface area contributed by atoms with E-state index in [-0.39, 0.29) is 23.9 Å². The quantitative estimate of drug-likeness (QED) is 0.724. The Morgan fingerprint density at radius 3 is 2.47 bits per heavy atom. The Morgan fingerprint density at radius 1 is 1.32 bits per heavy atom. The van der Waals surface area contributed by atoms with Gasteiger partial charge in [-0.1, -0.05) is 6.92 Å². The molecule has 1 heterocycles. The fourth-order valence-corrected chi connectivity index (χ4v) is 2.12. The van der Waals surface area contributed by atoms with Gasteiger partial charge >= 0.3 is 12.1 Å². The largest absolute Gasteiger partial charge is 0.466 e. The molecule has 0 aromatic heterocycles. The Hall–Kier alpha value is -1.26. The number of esters is 1. The van der Waals surface area contributed by atoms with Crippen molar-refractivity contribution in [2.45, 2.75) is 46.6 Å². The summed E-state index contributed by atoms with van der Waals surface area (Å²) in [6.45, 7) is 10.7. The second-order valence-electron chi connectivity index (χ2n) is 6.05. The third kappa shape index (κ3) is 4.73. The molecule has 1 amide bonds. The van der Waals surface area contributed by atoms with E-state index in [2.05, 4.69) is 0 Å². The van der Waals surface area contributed by atoms with Crippen LogP contribution in [0.4, 0.5) is 4.79 Å². The van der Waals surface area contributed by atoms with Crippen molar-refractivity contribution < 1.29 is 19.1 Å². The van der Waals surface area contributed by atoms with Gasteiger partial charge in [-0.05, 0) is 40.0 Å². The summed E-state index contributed by atoms with van der Waals surface area (Å²) in [5.41, 5.74) is -0.514. The van der Waals surface area contributed by atoms with E-state index in [0.29, 0.717) is 19.7 Å². The Kier molecular flexibility index (Phi) is 5.20. The van der Waals surface area contributed by atoms with Gasteiger partial charge in [-0.25, -0.2) is 4.79 Å². The summed E-state index contributed by atoms with van der Waals surface area (Å²) in [5.74, 6) is -0.234. The van der Waals surface area contributed by atoms with Crippen molar-refractivity contribution in [3.8, 4) is 0 Å². The molecule has 0 aliphatic carbocycles. The van der Waals surface area contributed by atoms with Crippen LogP contribution in [-0.4, -0.2) is 42.3 Å². The second kappa shape index (κ2) is 6.26. The standard InChI is InChI=1S/C14H25NO4/c1-6-18-12(16)11-9-15(8-7-10(11)2)13(17)19-14(3,4)5/h10-11H,6-9H2,1-5H3/t10-,11+/m1/s1. The highest BCUT2D eigenvalue weighted by atomic mass is 16.6. The van der Waals surface area contributed by atoms with Crippen molar-refractivity contribution in [1.29, 1.82) is 0 Å². The Labute approximate surface area is 115 Å². The topological polar surface area (TPSA) is 55.8 Å². The number of hydrogen-bond donors (Lipinski definition) is 0. The summed E-state index contributed by atoms with van der Waals surface area (Å²) in [6, 6.07) is 0. The van der Waals surface area contributed by atoms with E-state index in [1.54, 1.807) is 11.8 Å². The monoisotopic (exact) mass is 271 g/mol. The number of ether oxygens (including phenoxy) is 2. The lowest BCUT2D eigenvalue weighted by Gasteiger charge is -2.36. The van der Waals surface area contributed by atoms with Crippen LogP contribution in [-0.2, 0) is 14.3 Å². The van der Waals surface area contributed by atoms with Crippen LogP contribution in [0.15, 0.2) is 0 Å². The number of piperidine rings is 1. The summed E-state index contributed by atoms with van der Waals surface area (Å²) in [7, 11) is 0. The molecule has 1 aliphatic heterocycles. The number of nitrogens with zero attached hydrogens (tertiary/aromatic N) is 1. The van der Waals surface area contributed by atoms with Gasteiger partial charge < -0.3 is 14.4 Å². The summed E-state index contributed by atoms with van der Waals surface area (Å²) in [4.78, 5) is 25.5. The molecule has 0 unspecified atom stereocenters. The molecule has 0 spiro atoms.